The van der Waals surface area contributed by atoms with E-state index in [1.807, 2.05) is 6.07 Å². The molecule has 19 heavy (non-hydrogen) atoms. The standard InChI is InChI=1S/C16H25FOS/c1-3-5-8-13(4-2)11-14(18)12-19-16-10-7-6-9-15(16)17/h6-7,9-10,13-14,18H,3-5,8,11-12H2,1-2H3. The highest BCUT2D eigenvalue weighted by Gasteiger charge is 2.13. The molecule has 1 nitrogen and oxygen atoms in total. The van der Waals surface area contributed by atoms with Crippen LogP contribution in [0.1, 0.15) is 46.0 Å². The highest BCUT2D eigenvalue weighted by Crippen LogP contribution is 2.25. The van der Waals surface area contributed by atoms with Crippen molar-refractivity contribution in [2.45, 2.75) is 57.0 Å². The zero-order chi connectivity index (χ0) is 14.1. The van der Waals surface area contributed by atoms with Gasteiger partial charge in [-0.15, -0.1) is 11.8 Å². The Labute approximate surface area is 120 Å². The van der Waals surface area contributed by atoms with Gasteiger partial charge in [-0.25, -0.2) is 4.39 Å². The molecule has 0 saturated heterocycles. The van der Waals surface area contributed by atoms with Gasteiger partial charge in [-0.3, -0.25) is 0 Å². The van der Waals surface area contributed by atoms with Crippen LogP contribution in [0.15, 0.2) is 29.2 Å². The van der Waals surface area contributed by atoms with E-state index in [1.165, 1.54) is 37.1 Å². The normalized spacial score (nSPS) is 14.3. The number of thioether (sulfide) groups is 1. The smallest absolute Gasteiger partial charge is 0.136 e. The van der Waals surface area contributed by atoms with E-state index in [1.54, 1.807) is 12.1 Å². The zero-order valence-corrected chi connectivity index (χ0v) is 12.8. The summed E-state index contributed by atoms with van der Waals surface area (Å²) >= 11 is 1.41. The van der Waals surface area contributed by atoms with Gasteiger partial charge in [0.15, 0.2) is 0 Å². The lowest BCUT2D eigenvalue weighted by atomic mass is 9.94. The summed E-state index contributed by atoms with van der Waals surface area (Å²) in [6.45, 7) is 4.37. The molecule has 0 fully saturated rings. The van der Waals surface area contributed by atoms with Gasteiger partial charge in [0.05, 0.1) is 6.10 Å². The van der Waals surface area contributed by atoms with E-state index in [0.717, 1.165) is 12.8 Å². The minimum atomic E-state index is -0.341. The van der Waals surface area contributed by atoms with Crippen LogP contribution in [0.3, 0.4) is 0 Å². The van der Waals surface area contributed by atoms with Gasteiger partial charge in [-0.2, -0.15) is 0 Å². The fourth-order valence-electron chi connectivity index (χ4n) is 2.18. The van der Waals surface area contributed by atoms with Crippen molar-refractivity contribution in [1.82, 2.24) is 0 Å². The first kappa shape index (κ1) is 16.5. The second-order valence-electron chi connectivity index (χ2n) is 5.05. The van der Waals surface area contributed by atoms with Crippen LogP contribution >= 0.6 is 11.8 Å². The summed E-state index contributed by atoms with van der Waals surface area (Å²) in [5, 5.41) is 10.1. The van der Waals surface area contributed by atoms with Gasteiger partial charge in [0.2, 0.25) is 0 Å². The molecule has 0 aliphatic heterocycles. The third-order valence-corrected chi connectivity index (χ3v) is 4.61. The average molecular weight is 284 g/mol. The van der Waals surface area contributed by atoms with Crippen LogP contribution in [-0.4, -0.2) is 17.0 Å². The first-order chi connectivity index (χ1) is 9.17. The van der Waals surface area contributed by atoms with Crippen LogP contribution in [0, 0.1) is 11.7 Å². The van der Waals surface area contributed by atoms with E-state index in [-0.39, 0.29) is 11.9 Å². The Morgan fingerprint density at radius 1 is 1.26 bits per heavy atom. The summed E-state index contributed by atoms with van der Waals surface area (Å²) in [7, 11) is 0. The van der Waals surface area contributed by atoms with Gasteiger partial charge >= 0.3 is 0 Å². The fourth-order valence-corrected chi connectivity index (χ4v) is 3.07. The average Bonchev–Trinajstić information content (AvgIpc) is 2.42. The van der Waals surface area contributed by atoms with Gasteiger partial charge < -0.3 is 5.11 Å². The second-order valence-corrected chi connectivity index (χ2v) is 6.11. The van der Waals surface area contributed by atoms with Crippen LogP contribution < -0.4 is 0 Å². The SMILES string of the molecule is CCCCC(CC)CC(O)CSc1ccccc1F. The molecule has 1 rings (SSSR count). The molecule has 1 N–H and O–H groups in total. The molecule has 0 heterocycles. The number of halogens is 1. The fraction of sp³-hybridized carbons (Fsp3) is 0.625. The summed E-state index contributed by atoms with van der Waals surface area (Å²) in [5.74, 6) is 0.970. The summed E-state index contributed by atoms with van der Waals surface area (Å²) in [6, 6.07) is 6.74. The van der Waals surface area contributed by atoms with E-state index in [4.69, 9.17) is 0 Å². The number of rotatable bonds is 9. The monoisotopic (exact) mass is 284 g/mol. The first-order valence-electron chi connectivity index (χ1n) is 7.22. The Kier molecular flexibility index (Phi) is 8.15. The van der Waals surface area contributed by atoms with Crippen molar-refractivity contribution in [2.24, 2.45) is 5.92 Å². The Morgan fingerprint density at radius 2 is 2.00 bits per heavy atom. The lowest BCUT2D eigenvalue weighted by molar-refractivity contribution is 0.159. The molecule has 0 saturated carbocycles. The summed E-state index contributed by atoms with van der Waals surface area (Å²) in [4.78, 5) is 0.628. The van der Waals surface area contributed by atoms with Crippen molar-refractivity contribution >= 4 is 11.8 Å². The summed E-state index contributed by atoms with van der Waals surface area (Å²) in [5.41, 5.74) is 0. The molecule has 0 spiro atoms. The molecule has 0 radical (unpaired) electrons. The van der Waals surface area contributed by atoms with E-state index in [9.17, 15) is 9.50 Å². The number of unbranched alkanes of at least 4 members (excludes halogenated alkanes) is 1. The molecule has 1 aromatic carbocycles. The van der Waals surface area contributed by atoms with Crippen molar-refractivity contribution in [3.05, 3.63) is 30.1 Å². The number of hydrogen-bond acceptors (Lipinski definition) is 2. The predicted molar refractivity (Wildman–Crippen MR) is 81.1 cm³/mol. The lowest BCUT2D eigenvalue weighted by Crippen LogP contribution is -2.16. The largest absolute Gasteiger partial charge is 0.392 e. The Balaban J connectivity index is 2.34. The van der Waals surface area contributed by atoms with Gasteiger partial charge in [0.25, 0.3) is 0 Å². The molecule has 2 unspecified atom stereocenters. The molecule has 3 heteroatoms. The topological polar surface area (TPSA) is 20.2 Å². The van der Waals surface area contributed by atoms with Crippen molar-refractivity contribution in [3.8, 4) is 0 Å². The van der Waals surface area contributed by atoms with Gasteiger partial charge in [0.1, 0.15) is 5.82 Å². The van der Waals surface area contributed by atoms with Crippen molar-refractivity contribution in [3.63, 3.8) is 0 Å². The van der Waals surface area contributed by atoms with Gasteiger partial charge in [-0.05, 0) is 24.5 Å². The molecule has 0 aromatic heterocycles. The third kappa shape index (κ3) is 6.44. The number of benzene rings is 1. The number of aliphatic hydroxyl groups excluding tert-OH is 1. The number of hydrogen-bond donors (Lipinski definition) is 1. The minimum absolute atomic E-state index is 0.197. The maximum atomic E-state index is 13.4. The van der Waals surface area contributed by atoms with Crippen molar-refractivity contribution in [1.29, 1.82) is 0 Å². The van der Waals surface area contributed by atoms with Gasteiger partial charge in [-0.1, -0.05) is 51.7 Å². The molecule has 108 valence electrons. The van der Waals surface area contributed by atoms with Crippen molar-refractivity contribution in [2.75, 3.05) is 5.75 Å². The quantitative estimate of drug-likeness (QED) is 0.652. The Bertz CT molecular complexity index is 356. The third-order valence-electron chi connectivity index (χ3n) is 3.42. The van der Waals surface area contributed by atoms with Crippen LogP contribution in [-0.2, 0) is 0 Å². The summed E-state index contributed by atoms with van der Waals surface area (Å²) in [6.07, 6.45) is 5.22. The van der Waals surface area contributed by atoms with Gasteiger partial charge in [0, 0.05) is 10.6 Å². The van der Waals surface area contributed by atoms with E-state index < -0.39 is 0 Å². The van der Waals surface area contributed by atoms with E-state index >= 15 is 0 Å². The highest BCUT2D eigenvalue weighted by atomic mass is 32.2. The Hall–Kier alpha value is -0.540. The second kappa shape index (κ2) is 9.38. The van der Waals surface area contributed by atoms with Crippen LogP contribution in [0.5, 0.6) is 0 Å². The molecule has 0 amide bonds. The van der Waals surface area contributed by atoms with Crippen LogP contribution in [0.2, 0.25) is 0 Å². The van der Waals surface area contributed by atoms with Crippen LogP contribution in [0.25, 0.3) is 0 Å². The van der Waals surface area contributed by atoms with Crippen LogP contribution in [0.4, 0.5) is 4.39 Å². The lowest BCUT2D eigenvalue weighted by Gasteiger charge is -2.18. The molecule has 1 aromatic rings. The van der Waals surface area contributed by atoms with E-state index in [2.05, 4.69) is 13.8 Å². The first-order valence-corrected chi connectivity index (χ1v) is 8.21. The summed E-state index contributed by atoms with van der Waals surface area (Å²) < 4.78 is 13.4. The Morgan fingerprint density at radius 3 is 2.63 bits per heavy atom. The zero-order valence-electron chi connectivity index (χ0n) is 11.9. The minimum Gasteiger partial charge on any atom is -0.392 e. The molecule has 0 aliphatic carbocycles. The maximum absolute atomic E-state index is 13.4. The predicted octanol–water partition coefficient (Wildman–Crippen LogP) is 4.89. The number of aliphatic hydroxyl groups is 1. The molecule has 0 aliphatic rings. The maximum Gasteiger partial charge on any atom is 0.136 e. The van der Waals surface area contributed by atoms with Crippen molar-refractivity contribution < 1.29 is 9.50 Å². The molecule has 0 bridgehead atoms. The highest BCUT2D eigenvalue weighted by molar-refractivity contribution is 7.99. The van der Waals surface area contributed by atoms with E-state index in [0.29, 0.717) is 16.6 Å². The molecule has 2 atom stereocenters. The molecular formula is C16H25FOS. The molecular weight excluding hydrogens is 259 g/mol.